The van der Waals surface area contributed by atoms with Crippen molar-refractivity contribution in [3.63, 3.8) is 0 Å². The average Bonchev–Trinajstić information content (AvgIpc) is 3.09. The summed E-state index contributed by atoms with van der Waals surface area (Å²) in [6, 6.07) is 13.9. The summed E-state index contributed by atoms with van der Waals surface area (Å²) in [5, 5.41) is 5.08. The maximum Gasteiger partial charge on any atom is 0.0483 e. The maximum atomic E-state index is 6.19. The van der Waals surface area contributed by atoms with Crippen LogP contribution in [-0.2, 0) is 0 Å². The lowest BCUT2D eigenvalue weighted by Gasteiger charge is -2.16. The van der Waals surface area contributed by atoms with Crippen molar-refractivity contribution in [1.29, 1.82) is 0 Å². The summed E-state index contributed by atoms with van der Waals surface area (Å²) in [4.78, 5) is 4.85. The minimum atomic E-state index is 0.755. The zero-order valence-corrected chi connectivity index (χ0v) is 15.9. The van der Waals surface area contributed by atoms with Crippen LogP contribution in [0.2, 0.25) is 10.0 Å². The van der Waals surface area contributed by atoms with E-state index in [0.29, 0.717) is 0 Å². The molecular weight excluding hydrogens is 359 g/mol. The van der Waals surface area contributed by atoms with E-state index in [4.69, 9.17) is 23.2 Å². The molecule has 2 aromatic rings. The van der Waals surface area contributed by atoms with E-state index in [2.05, 4.69) is 16.3 Å². The summed E-state index contributed by atoms with van der Waals surface area (Å²) in [5.74, 6) is 0. The maximum absolute atomic E-state index is 6.19. The molecule has 0 aliphatic carbocycles. The Morgan fingerprint density at radius 1 is 0.958 bits per heavy atom. The Hall–Kier alpha value is -0.870. The molecule has 1 heterocycles. The van der Waals surface area contributed by atoms with Crippen LogP contribution in [0.4, 0.5) is 5.69 Å². The first-order chi connectivity index (χ1) is 11.7. The van der Waals surface area contributed by atoms with Crippen LogP contribution < -0.4 is 5.32 Å². The highest BCUT2D eigenvalue weighted by Gasteiger charge is 2.10. The fraction of sp³-hybridized carbons (Fsp3) is 0.368. The predicted octanol–water partition coefficient (Wildman–Crippen LogP) is 6.04. The van der Waals surface area contributed by atoms with Crippen LogP contribution in [0.5, 0.6) is 0 Å². The molecule has 128 valence electrons. The molecule has 1 N–H and O–H groups in total. The topological polar surface area (TPSA) is 15.3 Å². The first-order valence-corrected chi connectivity index (χ1v) is 9.97. The third-order valence-corrected chi connectivity index (χ3v) is 5.70. The first-order valence-electron chi connectivity index (χ1n) is 8.40. The zero-order valence-electron chi connectivity index (χ0n) is 13.6. The van der Waals surface area contributed by atoms with Gasteiger partial charge in [-0.25, -0.2) is 0 Å². The smallest absolute Gasteiger partial charge is 0.0483 e. The molecule has 0 atom stereocenters. The number of anilines is 1. The standard InChI is InChI=1S/C19H22Cl2N2S/c20-15-4-7-17(8-5-15)24-19-14-16(21)6-9-18(19)22-10-3-13-23-11-1-2-12-23/h4-9,14,22H,1-3,10-13H2. The minimum Gasteiger partial charge on any atom is -0.384 e. The summed E-state index contributed by atoms with van der Waals surface area (Å²) >= 11 is 13.9. The second-order valence-electron chi connectivity index (χ2n) is 6.03. The van der Waals surface area contributed by atoms with Gasteiger partial charge in [0, 0.05) is 32.1 Å². The molecule has 0 bridgehead atoms. The highest BCUT2D eigenvalue weighted by Crippen LogP contribution is 2.35. The lowest BCUT2D eigenvalue weighted by Crippen LogP contribution is -2.22. The molecule has 1 fully saturated rings. The number of nitrogens with zero attached hydrogens (tertiary/aromatic N) is 1. The molecule has 5 heteroatoms. The Labute approximate surface area is 158 Å². The van der Waals surface area contributed by atoms with E-state index in [-0.39, 0.29) is 0 Å². The van der Waals surface area contributed by atoms with Gasteiger partial charge >= 0.3 is 0 Å². The molecule has 0 unspecified atom stereocenters. The summed E-state index contributed by atoms with van der Waals surface area (Å²) in [7, 11) is 0. The third kappa shape index (κ3) is 5.32. The van der Waals surface area contributed by atoms with E-state index < -0.39 is 0 Å². The molecule has 3 rings (SSSR count). The number of hydrogen-bond acceptors (Lipinski definition) is 3. The van der Waals surface area contributed by atoms with Gasteiger partial charge in [-0.2, -0.15) is 0 Å². The van der Waals surface area contributed by atoms with Crippen LogP contribution in [0.25, 0.3) is 0 Å². The van der Waals surface area contributed by atoms with Crippen molar-refractivity contribution in [2.45, 2.75) is 29.1 Å². The molecule has 1 saturated heterocycles. The van der Waals surface area contributed by atoms with Gasteiger partial charge in [-0.1, -0.05) is 35.0 Å². The Morgan fingerprint density at radius 2 is 1.67 bits per heavy atom. The summed E-state index contributed by atoms with van der Waals surface area (Å²) in [5.41, 5.74) is 1.14. The molecule has 0 aromatic heterocycles. The van der Waals surface area contributed by atoms with Crippen molar-refractivity contribution in [1.82, 2.24) is 4.90 Å². The number of halogens is 2. The summed E-state index contributed by atoms with van der Waals surface area (Å²) in [6.07, 6.45) is 3.87. The second kappa shape index (κ2) is 9.00. The average molecular weight is 381 g/mol. The van der Waals surface area contributed by atoms with Crippen LogP contribution in [0.1, 0.15) is 19.3 Å². The molecule has 2 aromatic carbocycles. The van der Waals surface area contributed by atoms with Gasteiger partial charge in [-0.05, 0) is 81.4 Å². The fourth-order valence-electron chi connectivity index (χ4n) is 2.89. The first kappa shape index (κ1) is 17.9. The van der Waals surface area contributed by atoms with Crippen molar-refractivity contribution in [2.75, 3.05) is 31.5 Å². The number of rotatable bonds is 7. The molecule has 24 heavy (non-hydrogen) atoms. The van der Waals surface area contributed by atoms with Crippen molar-refractivity contribution in [3.8, 4) is 0 Å². The van der Waals surface area contributed by atoms with Gasteiger partial charge in [0.05, 0.1) is 0 Å². The number of benzene rings is 2. The van der Waals surface area contributed by atoms with Crippen LogP contribution in [0.3, 0.4) is 0 Å². The molecule has 0 spiro atoms. The van der Waals surface area contributed by atoms with Crippen molar-refractivity contribution < 1.29 is 0 Å². The van der Waals surface area contributed by atoms with Crippen LogP contribution in [0.15, 0.2) is 52.3 Å². The Morgan fingerprint density at radius 3 is 2.42 bits per heavy atom. The number of likely N-dealkylation sites (tertiary alicyclic amines) is 1. The van der Waals surface area contributed by atoms with Gasteiger partial charge in [0.1, 0.15) is 0 Å². The number of nitrogens with one attached hydrogen (secondary N) is 1. The van der Waals surface area contributed by atoms with Gasteiger partial charge in [0.2, 0.25) is 0 Å². The highest BCUT2D eigenvalue weighted by atomic mass is 35.5. The van der Waals surface area contributed by atoms with Gasteiger partial charge in [-0.3, -0.25) is 0 Å². The lowest BCUT2D eigenvalue weighted by molar-refractivity contribution is 0.337. The fourth-order valence-corrected chi connectivity index (χ4v) is 4.21. The molecule has 0 radical (unpaired) electrons. The number of hydrogen-bond donors (Lipinski definition) is 1. The molecule has 2 nitrogen and oxygen atoms in total. The van der Waals surface area contributed by atoms with Crippen LogP contribution in [0, 0.1) is 0 Å². The molecule has 1 aliphatic heterocycles. The molecule has 0 saturated carbocycles. The zero-order chi connectivity index (χ0) is 16.8. The van der Waals surface area contributed by atoms with E-state index in [1.165, 1.54) is 32.5 Å². The van der Waals surface area contributed by atoms with E-state index in [9.17, 15) is 0 Å². The molecule has 0 amide bonds. The van der Waals surface area contributed by atoms with Crippen molar-refractivity contribution in [3.05, 3.63) is 52.5 Å². The Kier molecular flexibility index (Phi) is 6.73. The van der Waals surface area contributed by atoms with E-state index in [1.807, 2.05) is 36.4 Å². The Bertz CT molecular complexity index is 655. The normalized spacial score (nSPS) is 14.9. The van der Waals surface area contributed by atoms with Crippen molar-refractivity contribution in [2.24, 2.45) is 0 Å². The quantitative estimate of drug-likeness (QED) is 0.589. The van der Waals surface area contributed by atoms with Gasteiger partial charge in [-0.15, -0.1) is 0 Å². The summed E-state index contributed by atoms with van der Waals surface area (Å²) < 4.78 is 0. The van der Waals surface area contributed by atoms with E-state index in [1.54, 1.807) is 11.8 Å². The monoisotopic (exact) mass is 380 g/mol. The predicted molar refractivity (Wildman–Crippen MR) is 106 cm³/mol. The SMILES string of the molecule is Clc1ccc(Sc2cc(Cl)ccc2NCCCN2CCCC2)cc1. The molecule has 1 aliphatic rings. The molecular formula is C19H22Cl2N2S. The summed E-state index contributed by atoms with van der Waals surface area (Å²) in [6.45, 7) is 4.68. The van der Waals surface area contributed by atoms with Gasteiger partial charge in [0.25, 0.3) is 0 Å². The van der Waals surface area contributed by atoms with Crippen molar-refractivity contribution >= 4 is 40.7 Å². The van der Waals surface area contributed by atoms with E-state index >= 15 is 0 Å². The van der Waals surface area contributed by atoms with Crippen LogP contribution >= 0.6 is 35.0 Å². The lowest BCUT2D eigenvalue weighted by atomic mass is 10.3. The third-order valence-electron chi connectivity index (χ3n) is 4.15. The van der Waals surface area contributed by atoms with Crippen LogP contribution in [-0.4, -0.2) is 31.1 Å². The minimum absolute atomic E-state index is 0.755. The second-order valence-corrected chi connectivity index (χ2v) is 8.01. The highest BCUT2D eigenvalue weighted by molar-refractivity contribution is 7.99. The largest absolute Gasteiger partial charge is 0.384 e. The Balaban J connectivity index is 1.58. The van der Waals surface area contributed by atoms with E-state index in [0.717, 1.165) is 38.5 Å². The van der Waals surface area contributed by atoms with Gasteiger partial charge in [0.15, 0.2) is 0 Å². The van der Waals surface area contributed by atoms with Gasteiger partial charge < -0.3 is 10.2 Å².